The molecule has 5 nitrogen and oxygen atoms in total. The molecule has 0 atom stereocenters. The van der Waals surface area contributed by atoms with Gasteiger partial charge in [-0.15, -0.1) is 0 Å². The number of hydrogen-bond acceptors (Lipinski definition) is 5. The number of aromatic hydroxyl groups is 2. The first-order valence-corrected chi connectivity index (χ1v) is 3.98. The molecule has 1 aromatic carbocycles. The second-order valence-electron chi connectivity index (χ2n) is 2.54. The molecule has 16 heavy (non-hydrogen) atoms. The van der Waals surface area contributed by atoms with Gasteiger partial charge in [-0.25, -0.2) is 0 Å². The summed E-state index contributed by atoms with van der Waals surface area (Å²) in [6.07, 6.45) is -0.954. The maximum Gasteiger partial charge on any atom is 1.00 e. The van der Waals surface area contributed by atoms with Crippen LogP contribution >= 0.6 is 0 Å². The van der Waals surface area contributed by atoms with Crippen LogP contribution < -0.4 is 68.4 Å². The van der Waals surface area contributed by atoms with Crippen LogP contribution in [0.25, 0.3) is 0 Å². The third-order valence-corrected chi connectivity index (χ3v) is 1.25. The summed E-state index contributed by atoms with van der Waals surface area (Å²) in [5.74, 6) is 0.176. The second kappa shape index (κ2) is 13.9. The van der Waals surface area contributed by atoms with Gasteiger partial charge < -0.3 is 42.5 Å². The van der Waals surface area contributed by atoms with E-state index in [9.17, 15) is 0 Å². The number of phenolic OH excluding ortho intramolecular Hbond substituents is 2. The number of phenols is 2. The summed E-state index contributed by atoms with van der Waals surface area (Å²) in [6.45, 7) is -0.729. The zero-order chi connectivity index (χ0) is 11.0. The van der Waals surface area contributed by atoms with Crippen LogP contribution in [-0.2, 0) is 0 Å². The van der Waals surface area contributed by atoms with Crippen molar-refractivity contribution in [2.75, 3.05) is 13.2 Å². The molecule has 0 saturated carbocycles. The fourth-order valence-electron chi connectivity index (χ4n) is 0.551. The number of aliphatic hydroxyl groups excluding tert-OH is 3. The Kier molecular flexibility index (Phi) is 19.1. The number of hydrogen-bond donors (Lipinski definition) is 5. The van der Waals surface area contributed by atoms with Crippen LogP contribution in [0.2, 0.25) is 0 Å². The van der Waals surface area contributed by atoms with Crippen molar-refractivity contribution >= 4 is 0 Å². The molecule has 0 amide bonds. The van der Waals surface area contributed by atoms with E-state index >= 15 is 0 Å². The number of benzene rings is 1. The average molecular weight is 321 g/mol. The largest absolute Gasteiger partial charge is 1.00 e. The fraction of sp³-hybridized carbons (Fsp3) is 0.333. The summed E-state index contributed by atoms with van der Waals surface area (Å²) in [5.41, 5.74) is 0. The second-order valence-corrected chi connectivity index (χ2v) is 2.54. The Hall–Kier alpha value is 0.816. The summed E-state index contributed by atoms with van der Waals surface area (Å²) in [6, 6.07) is 5.85. The molecule has 5 N–H and O–H groups in total. The molecule has 0 fully saturated rings. The van der Waals surface area contributed by atoms with E-state index in [0.29, 0.717) is 0 Å². The molecular weight excluding hydrogens is 307 g/mol. The van der Waals surface area contributed by atoms with Crippen LogP contribution in [-0.4, -0.2) is 44.9 Å². The van der Waals surface area contributed by atoms with E-state index in [2.05, 4.69) is 0 Å². The summed E-state index contributed by atoms with van der Waals surface area (Å²) < 4.78 is 0. The molecule has 0 heterocycles. The van der Waals surface area contributed by atoms with Crippen molar-refractivity contribution in [1.29, 1.82) is 0 Å². The van der Waals surface area contributed by atoms with Gasteiger partial charge in [0.15, 0.2) is 0 Å². The van der Waals surface area contributed by atoms with Crippen LogP contribution in [0.5, 0.6) is 11.5 Å². The Morgan fingerprint density at radius 2 is 1.38 bits per heavy atom. The van der Waals surface area contributed by atoms with Gasteiger partial charge in [0.05, 0.1) is 13.2 Å². The summed E-state index contributed by atoms with van der Waals surface area (Å²) in [4.78, 5) is 0. The summed E-state index contributed by atoms with van der Waals surface area (Å²) in [5, 5.41) is 41.3. The third kappa shape index (κ3) is 12.9. The monoisotopic (exact) mass is 320 g/mol. The molecule has 1 aromatic rings. The number of halogens is 1. The van der Waals surface area contributed by atoms with Gasteiger partial charge >= 0.3 is 51.4 Å². The van der Waals surface area contributed by atoms with Gasteiger partial charge in [0.2, 0.25) is 0 Å². The van der Waals surface area contributed by atoms with E-state index in [4.69, 9.17) is 25.5 Å². The van der Waals surface area contributed by atoms with Crippen molar-refractivity contribution in [3.63, 3.8) is 0 Å². The third-order valence-electron chi connectivity index (χ3n) is 1.25. The Morgan fingerprint density at radius 1 is 1.00 bits per heavy atom. The van der Waals surface area contributed by atoms with E-state index in [1.54, 1.807) is 6.07 Å². The standard InChI is InChI=1S/C6H6O2.C3H8O3.BrH.K/c7-5-2-1-3-6(8)4-5;4-1-3(6)2-5;;/h1-4,7-8H;3-6H,1-2H2;1H;/q;;;+1/p-1. The molecule has 0 bridgehead atoms. The molecule has 0 saturated heterocycles. The molecular formula is C9H14BrKO5. The minimum absolute atomic E-state index is 0. The minimum atomic E-state index is -0.954. The number of rotatable bonds is 2. The van der Waals surface area contributed by atoms with Crippen LogP contribution in [0, 0.1) is 0 Å². The molecule has 0 aliphatic carbocycles. The minimum Gasteiger partial charge on any atom is -1.00 e. The molecule has 7 heteroatoms. The first-order valence-electron chi connectivity index (χ1n) is 3.98. The van der Waals surface area contributed by atoms with Crippen LogP contribution in [0.4, 0.5) is 0 Å². The molecule has 0 aliphatic rings. The topological polar surface area (TPSA) is 101 Å². The van der Waals surface area contributed by atoms with Crippen LogP contribution in [0.15, 0.2) is 24.3 Å². The molecule has 1 rings (SSSR count). The average Bonchev–Trinajstić information content (AvgIpc) is 2.17. The van der Waals surface area contributed by atoms with E-state index in [1.165, 1.54) is 18.2 Å². The van der Waals surface area contributed by atoms with Crippen molar-refractivity contribution in [3.8, 4) is 11.5 Å². The molecule has 0 aliphatic heterocycles. The maximum atomic E-state index is 8.65. The Morgan fingerprint density at radius 3 is 1.50 bits per heavy atom. The van der Waals surface area contributed by atoms with E-state index in [0.717, 1.165) is 0 Å². The molecule has 0 unspecified atom stereocenters. The Balaban J connectivity index is -0.000000195. The van der Waals surface area contributed by atoms with Crippen molar-refractivity contribution in [2.45, 2.75) is 6.10 Å². The Labute approximate surface area is 147 Å². The predicted molar refractivity (Wildman–Crippen MR) is 50.0 cm³/mol. The normalized spacial score (nSPS) is 8.25. The van der Waals surface area contributed by atoms with Crippen molar-refractivity contribution in [1.82, 2.24) is 0 Å². The first kappa shape index (κ1) is 22.0. The van der Waals surface area contributed by atoms with E-state index in [1.807, 2.05) is 0 Å². The van der Waals surface area contributed by atoms with Crippen molar-refractivity contribution < 1.29 is 93.9 Å². The quantitative estimate of drug-likeness (QED) is 0.349. The van der Waals surface area contributed by atoms with Gasteiger partial charge in [-0.1, -0.05) is 6.07 Å². The molecule has 0 aromatic heterocycles. The SMILES string of the molecule is OCC(O)CO.Oc1cccc(O)c1.[Br-].[K+]. The maximum absolute atomic E-state index is 8.65. The first-order chi connectivity index (χ1) is 6.60. The summed E-state index contributed by atoms with van der Waals surface area (Å²) >= 11 is 0. The van der Waals surface area contributed by atoms with Crippen molar-refractivity contribution in [3.05, 3.63) is 24.3 Å². The predicted octanol–water partition coefficient (Wildman–Crippen LogP) is -6.56. The van der Waals surface area contributed by atoms with Gasteiger partial charge in [-0.2, -0.15) is 0 Å². The van der Waals surface area contributed by atoms with Crippen LogP contribution in [0.1, 0.15) is 0 Å². The van der Waals surface area contributed by atoms with Gasteiger partial charge in [-0.05, 0) is 12.1 Å². The zero-order valence-electron chi connectivity index (χ0n) is 8.91. The molecule has 88 valence electrons. The van der Waals surface area contributed by atoms with Gasteiger partial charge in [0, 0.05) is 6.07 Å². The van der Waals surface area contributed by atoms with Crippen LogP contribution in [0.3, 0.4) is 0 Å². The molecule has 0 radical (unpaired) electrons. The smallest absolute Gasteiger partial charge is 1.00 e. The number of aliphatic hydroxyl groups is 3. The molecule has 0 spiro atoms. The van der Waals surface area contributed by atoms with Gasteiger partial charge in [0.25, 0.3) is 0 Å². The zero-order valence-corrected chi connectivity index (χ0v) is 13.6. The van der Waals surface area contributed by atoms with Gasteiger partial charge in [0.1, 0.15) is 17.6 Å². The van der Waals surface area contributed by atoms with Crippen molar-refractivity contribution in [2.24, 2.45) is 0 Å². The van der Waals surface area contributed by atoms with Gasteiger partial charge in [-0.3, -0.25) is 0 Å². The fourth-order valence-corrected chi connectivity index (χ4v) is 0.551. The summed E-state index contributed by atoms with van der Waals surface area (Å²) in [7, 11) is 0. The van der Waals surface area contributed by atoms with E-state index < -0.39 is 6.10 Å². The van der Waals surface area contributed by atoms with E-state index in [-0.39, 0.29) is 93.1 Å². The Bertz CT molecular complexity index is 240.